The topological polar surface area (TPSA) is 81.7 Å². The van der Waals surface area contributed by atoms with Gasteiger partial charge in [-0.2, -0.15) is 0 Å². The van der Waals surface area contributed by atoms with Gasteiger partial charge in [-0.05, 0) is 69.1 Å². The summed E-state index contributed by atoms with van der Waals surface area (Å²) in [5.41, 5.74) is 0.0522. The first-order chi connectivity index (χ1) is 12.0. The Morgan fingerprint density at radius 2 is 1.56 bits per heavy atom. The summed E-state index contributed by atoms with van der Waals surface area (Å²) >= 11 is 0. The van der Waals surface area contributed by atoms with Crippen LogP contribution in [-0.2, 0) is 4.79 Å². The Labute approximate surface area is 149 Å². The van der Waals surface area contributed by atoms with E-state index in [2.05, 4.69) is 10.6 Å². The molecule has 3 amide bonds. The fraction of sp³-hybridized carbons (Fsp3) is 0.895. The lowest BCUT2D eigenvalue weighted by molar-refractivity contribution is -0.132. The lowest BCUT2D eigenvalue weighted by atomic mass is 9.53. The Kier molecular flexibility index (Phi) is 4.65. The lowest BCUT2D eigenvalue weighted by Gasteiger charge is -2.56. The fourth-order valence-electron chi connectivity index (χ4n) is 6.25. The molecule has 5 fully saturated rings. The van der Waals surface area contributed by atoms with Crippen molar-refractivity contribution in [1.82, 2.24) is 15.5 Å². The van der Waals surface area contributed by atoms with Crippen molar-refractivity contribution in [2.45, 2.75) is 69.4 Å². The van der Waals surface area contributed by atoms with Crippen LogP contribution in [-0.4, -0.2) is 53.2 Å². The van der Waals surface area contributed by atoms with Crippen molar-refractivity contribution in [3.8, 4) is 0 Å². The minimum atomic E-state index is -0.0928. The third-order valence-corrected chi connectivity index (χ3v) is 6.93. The Balaban J connectivity index is 1.26. The van der Waals surface area contributed by atoms with E-state index in [1.54, 1.807) is 4.90 Å². The van der Waals surface area contributed by atoms with Gasteiger partial charge in [0.2, 0.25) is 5.91 Å². The molecule has 4 aliphatic carbocycles. The number of rotatable bonds is 4. The van der Waals surface area contributed by atoms with Gasteiger partial charge in [-0.25, -0.2) is 4.79 Å². The molecule has 140 valence electrons. The highest BCUT2D eigenvalue weighted by atomic mass is 16.3. The van der Waals surface area contributed by atoms with Gasteiger partial charge in [-0.15, -0.1) is 0 Å². The minimum Gasteiger partial charge on any atom is -0.396 e. The molecule has 0 spiro atoms. The number of hydrogen-bond acceptors (Lipinski definition) is 3. The molecule has 0 radical (unpaired) electrons. The van der Waals surface area contributed by atoms with Gasteiger partial charge in [0, 0.05) is 31.1 Å². The first-order valence-electron chi connectivity index (χ1n) is 10.0. The van der Waals surface area contributed by atoms with Crippen LogP contribution in [0.2, 0.25) is 0 Å². The summed E-state index contributed by atoms with van der Waals surface area (Å²) in [4.78, 5) is 26.2. The first-order valence-corrected chi connectivity index (χ1v) is 10.0. The molecule has 5 aliphatic rings. The van der Waals surface area contributed by atoms with Crippen molar-refractivity contribution >= 4 is 11.9 Å². The van der Waals surface area contributed by atoms with Gasteiger partial charge in [0.15, 0.2) is 0 Å². The summed E-state index contributed by atoms with van der Waals surface area (Å²) in [5.74, 6) is 2.49. The van der Waals surface area contributed by atoms with Gasteiger partial charge < -0.3 is 20.6 Å². The molecular formula is C19H31N3O3. The molecule has 4 saturated carbocycles. The smallest absolute Gasteiger partial charge is 0.315 e. The Morgan fingerprint density at radius 3 is 2.08 bits per heavy atom. The monoisotopic (exact) mass is 349 g/mol. The summed E-state index contributed by atoms with van der Waals surface area (Å²) in [5, 5.41) is 15.4. The number of nitrogens with one attached hydrogen (secondary N) is 2. The van der Waals surface area contributed by atoms with Crippen molar-refractivity contribution in [2.75, 3.05) is 19.7 Å². The molecule has 0 aromatic carbocycles. The Morgan fingerprint density at radius 1 is 1.00 bits per heavy atom. The van der Waals surface area contributed by atoms with E-state index in [-0.39, 0.29) is 36.5 Å². The van der Waals surface area contributed by atoms with Crippen LogP contribution >= 0.6 is 0 Å². The van der Waals surface area contributed by atoms with E-state index < -0.39 is 0 Å². The Hall–Kier alpha value is -1.30. The van der Waals surface area contributed by atoms with Crippen LogP contribution in [0.4, 0.5) is 4.79 Å². The van der Waals surface area contributed by atoms with E-state index in [0.717, 1.165) is 30.6 Å². The highest BCUT2D eigenvalue weighted by Gasteiger charge is 2.51. The molecule has 1 aliphatic heterocycles. The molecule has 0 aromatic rings. The average Bonchev–Trinajstić information content (AvgIpc) is 2.53. The molecule has 0 unspecified atom stereocenters. The van der Waals surface area contributed by atoms with E-state index in [4.69, 9.17) is 5.11 Å². The van der Waals surface area contributed by atoms with Crippen molar-refractivity contribution in [3.05, 3.63) is 0 Å². The van der Waals surface area contributed by atoms with Crippen LogP contribution in [0.1, 0.15) is 57.8 Å². The molecular weight excluding hydrogens is 318 g/mol. The van der Waals surface area contributed by atoms with Crippen molar-refractivity contribution in [1.29, 1.82) is 0 Å². The molecule has 0 aromatic heterocycles. The predicted molar refractivity (Wildman–Crippen MR) is 93.9 cm³/mol. The zero-order valence-corrected chi connectivity index (χ0v) is 15.0. The number of carbonyl (C=O) groups is 2. The second kappa shape index (κ2) is 6.78. The van der Waals surface area contributed by atoms with Crippen LogP contribution in [0.15, 0.2) is 0 Å². The van der Waals surface area contributed by atoms with Crippen LogP contribution in [0.5, 0.6) is 0 Å². The number of carbonyl (C=O) groups excluding carboxylic acids is 2. The summed E-state index contributed by atoms with van der Waals surface area (Å²) in [7, 11) is 0. The molecule has 1 heterocycles. The first kappa shape index (κ1) is 17.1. The van der Waals surface area contributed by atoms with Gasteiger partial charge in [0.05, 0.1) is 6.61 Å². The largest absolute Gasteiger partial charge is 0.396 e. The lowest BCUT2D eigenvalue weighted by Crippen LogP contribution is -2.62. The zero-order chi connectivity index (χ0) is 17.4. The van der Waals surface area contributed by atoms with E-state index in [0.29, 0.717) is 13.1 Å². The van der Waals surface area contributed by atoms with Gasteiger partial charge in [0.1, 0.15) is 0 Å². The fourth-order valence-corrected chi connectivity index (χ4v) is 6.25. The molecule has 25 heavy (non-hydrogen) atoms. The highest BCUT2D eigenvalue weighted by molar-refractivity contribution is 5.77. The summed E-state index contributed by atoms with van der Waals surface area (Å²) in [6.07, 6.45) is 9.43. The van der Waals surface area contributed by atoms with Crippen molar-refractivity contribution in [2.24, 2.45) is 17.8 Å². The number of likely N-dealkylation sites (tertiary alicyclic amines) is 1. The predicted octanol–water partition coefficient (Wildman–Crippen LogP) is 1.63. The Bertz CT molecular complexity index is 493. The maximum atomic E-state index is 12.6. The third kappa shape index (κ3) is 3.64. The zero-order valence-electron chi connectivity index (χ0n) is 15.0. The van der Waals surface area contributed by atoms with Crippen LogP contribution in [0.3, 0.4) is 0 Å². The van der Waals surface area contributed by atoms with Gasteiger partial charge in [-0.3, -0.25) is 4.79 Å². The number of urea groups is 1. The molecule has 4 bridgehead atoms. The van der Waals surface area contributed by atoms with Crippen LogP contribution in [0, 0.1) is 17.8 Å². The third-order valence-electron chi connectivity index (χ3n) is 6.93. The standard InChI is InChI=1S/C19H31N3O3/c23-6-3-17(24)22-4-1-16(2-5-22)20-18(25)21-19-10-13-7-14(11-19)9-15(8-13)12-19/h13-16,23H,1-12H2,(H2,20,21,25). The van der Waals surface area contributed by atoms with Crippen LogP contribution in [0.25, 0.3) is 0 Å². The van der Waals surface area contributed by atoms with E-state index in [9.17, 15) is 9.59 Å². The SMILES string of the molecule is O=C(NC1CCN(C(=O)CCO)CC1)NC12CC3CC(CC(C3)C1)C2. The number of hydrogen-bond donors (Lipinski definition) is 3. The number of aliphatic hydroxyl groups is 1. The van der Waals surface area contributed by atoms with Crippen molar-refractivity contribution < 1.29 is 14.7 Å². The summed E-state index contributed by atoms with van der Waals surface area (Å²) in [6.45, 7) is 1.24. The molecule has 3 N–H and O–H groups in total. The number of aliphatic hydroxyl groups excluding tert-OH is 1. The minimum absolute atomic E-state index is 0.0120. The normalized spacial score (nSPS) is 37.2. The molecule has 0 atom stereocenters. The number of nitrogens with zero attached hydrogens (tertiary/aromatic N) is 1. The average molecular weight is 349 g/mol. The van der Waals surface area contributed by atoms with Gasteiger partial charge in [-0.1, -0.05) is 0 Å². The van der Waals surface area contributed by atoms with E-state index in [1.165, 1.54) is 38.5 Å². The van der Waals surface area contributed by atoms with E-state index >= 15 is 0 Å². The van der Waals surface area contributed by atoms with Gasteiger partial charge in [0.25, 0.3) is 0 Å². The van der Waals surface area contributed by atoms with Crippen molar-refractivity contribution in [3.63, 3.8) is 0 Å². The second-order valence-electron chi connectivity index (χ2n) is 8.93. The number of amides is 3. The quantitative estimate of drug-likeness (QED) is 0.721. The number of piperidine rings is 1. The molecule has 6 nitrogen and oxygen atoms in total. The summed E-state index contributed by atoms with van der Waals surface area (Å²) < 4.78 is 0. The molecule has 6 heteroatoms. The summed E-state index contributed by atoms with van der Waals surface area (Å²) in [6, 6.07) is 0.133. The molecule has 1 saturated heterocycles. The maximum absolute atomic E-state index is 12.6. The van der Waals surface area contributed by atoms with E-state index in [1.807, 2.05) is 0 Å². The van der Waals surface area contributed by atoms with Crippen LogP contribution < -0.4 is 10.6 Å². The maximum Gasteiger partial charge on any atom is 0.315 e. The molecule has 5 rings (SSSR count). The highest BCUT2D eigenvalue weighted by Crippen LogP contribution is 2.55. The second-order valence-corrected chi connectivity index (χ2v) is 8.93. The van der Waals surface area contributed by atoms with Gasteiger partial charge >= 0.3 is 6.03 Å².